The van der Waals surface area contributed by atoms with Gasteiger partial charge in [0.15, 0.2) is 11.5 Å². The summed E-state index contributed by atoms with van der Waals surface area (Å²) < 4.78 is 8.28. The largest absolute Gasteiger partial charge is 0.465 e. The van der Waals surface area contributed by atoms with E-state index in [-0.39, 0.29) is 5.97 Å². The molecule has 0 N–H and O–H groups in total. The van der Waals surface area contributed by atoms with Gasteiger partial charge in [-0.3, -0.25) is 4.68 Å². The molecule has 122 valence electrons. The summed E-state index contributed by atoms with van der Waals surface area (Å²) >= 11 is 1.30. The van der Waals surface area contributed by atoms with E-state index in [9.17, 15) is 4.79 Å². The SMILES string of the molecule is CCn1cc(-c2nc3c4c(C)c(C(=O)OC)sc4ncn3n2)cn1. The Hall–Kier alpha value is -2.81. The van der Waals surface area contributed by atoms with Crippen LogP contribution in [0.4, 0.5) is 0 Å². The second-order valence-electron chi connectivity index (χ2n) is 5.26. The Balaban J connectivity index is 1.94. The molecule has 0 radical (unpaired) electrons. The van der Waals surface area contributed by atoms with Gasteiger partial charge in [0.2, 0.25) is 0 Å². The summed E-state index contributed by atoms with van der Waals surface area (Å²) in [5.41, 5.74) is 2.32. The monoisotopic (exact) mass is 342 g/mol. The lowest BCUT2D eigenvalue weighted by Gasteiger charge is -1.96. The van der Waals surface area contributed by atoms with Crippen molar-refractivity contribution in [3.63, 3.8) is 0 Å². The zero-order chi connectivity index (χ0) is 16.8. The Morgan fingerprint density at radius 2 is 2.25 bits per heavy atom. The third-order valence-corrected chi connectivity index (χ3v) is 5.03. The van der Waals surface area contributed by atoms with Gasteiger partial charge in [-0.1, -0.05) is 0 Å². The molecule has 0 aliphatic rings. The molecule has 4 aromatic heterocycles. The van der Waals surface area contributed by atoms with Crippen LogP contribution in [0.2, 0.25) is 0 Å². The van der Waals surface area contributed by atoms with Gasteiger partial charge < -0.3 is 4.74 Å². The minimum Gasteiger partial charge on any atom is -0.465 e. The number of carbonyl (C=O) groups excluding carboxylic acids is 1. The molecule has 9 heteroatoms. The minimum absolute atomic E-state index is 0.363. The summed E-state index contributed by atoms with van der Waals surface area (Å²) in [6, 6.07) is 0. The van der Waals surface area contributed by atoms with E-state index in [4.69, 9.17) is 4.74 Å². The second kappa shape index (κ2) is 5.38. The van der Waals surface area contributed by atoms with E-state index in [0.717, 1.165) is 27.9 Å². The topological polar surface area (TPSA) is 87.2 Å². The molecule has 0 aliphatic carbocycles. The zero-order valence-electron chi connectivity index (χ0n) is 13.3. The van der Waals surface area contributed by atoms with E-state index in [0.29, 0.717) is 16.3 Å². The molecule has 4 heterocycles. The fourth-order valence-corrected chi connectivity index (χ4v) is 3.66. The summed E-state index contributed by atoms with van der Waals surface area (Å²) in [5.74, 6) is 0.215. The normalized spacial score (nSPS) is 11.5. The Kier molecular flexibility index (Phi) is 3.31. The van der Waals surface area contributed by atoms with Gasteiger partial charge in [0.1, 0.15) is 16.0 Å². The van der Waals surface area contributed by atoms with Crippen molar-refractivity contribution in [3.05, 3.63) is 29.2 Å². The molecule has 0 saturated carbocycles. The zero-order valence-corrected chi connectivity index (χ0v) is 14.2. The fraction of sp³-hybridized carbons (Fsp3) is 0.267. The van der Waals surface area contributed by atoms with E-state index >= 15 is 0 Å². The molecule has 0 unspecified atom stereocenters. The highest BCUT2D eigenvalue weighted by molar-refractivity contribution is 7.20. The lowest BCUT2D eigenvalue weighted by Crippen LogP contribution is -1.99. The van der Waals surface area contributed by atoms with Crippen molar-refractivity contribution in [3.8, 4) is 11.4 Å². The first-order valence-corrected chi connectivity index (χ1v) is 8.19. The van der Waals surface area contributed by atoms with Crippen LogP contribution in [0.5, 0.6) is 0 Å². The number of fused-ring (bicyclic) bond motifs is 3. The first kappa shape index (κ1) is 14.8. The number of carbonyl (C=O) groups is 1. The van der Waals surface area contributed by atoms with Crippen molar-refractivity contribution in [1.29, 1.82) is 0 Å². The summed E-state index contributed by atoms with van der Waals surface area (Å²) in [5, 5.41) is 9.55. The average Bonchev–Trinajstić information content (AvgIpc) is 3.29. The number of thiophene rings is 1. The molecule has 0 fully saturated rings. The molecule has 0 aliphatic heterocycles. The van der Waals surface area contributed by atoms with Crippen molar-refractivity contribution in [2.45, 2.75) is 20.4 Å². The van der Waals surface area contributed by atoms with Crippen LogP contribution in [0.1, 0.15) is 22.2 Å². The highest BCUT2D eigenvalue weighted by Crippen LogP contribution is 2.32. The number of esters is 1. The number of aromatic nitrogens is 6. The quantitative estimate of drug-likeness (QED) is 0.531. The van der Waals surface area contributed by atoms with Gasteiger partial charge in [-0.25, -0.2) is 19.3 Å². The smallest absolute Gasteiger partial charge is 0.348 e. The van der Waals surface area contributed by atoms with Crippen LogP contribution in [0.15, 0.2) is 18.7 Å². The second-order valence-corrected chi connectivity index (χ2v) is 6.26. The average molecular weight is 342 g/mol. The number of ether oxygens (including phenoxy) is 1. The Morgan fingerprint density at radius 3 is 2.96 bits per heavy atom. The lowest BCUT2D eigenvalue weighted by molar-refractivity contribution is 0.0605. The van der Waals surface area contributed by atoms with Crippen molar-refractivity contribution < 1.29 is 9.53 Å². The van der Waals surface area contributed by atoms with Crippen molar-refractivity contribution in [2.75, 3.05) is 7.11 Å². The van der Waals surface area contributed by atoms with Gasteiger partial charge in [-0.15, -0.1) is 16.4 Å². The maximum Gasteiger partial charge on any atom is 0.348 e. The highest BCUT2D eigenvalue weighted by atomic mass is 32.1. The molecule has 24 heavy (non-hydrogen) atoms. The summed E-state index contributed by atoms with van der Waals surface area (Å²) in [6.07, 6.45) is 5.25. The lowest BCUT2D eigenvalue weighted by atomic mass is 10.2. The summed E-state index contributed by atoms with van der Waals surface area (Å²) in [6.45, 7) is 4.67. The van der Waals surface area contributed by atoms with Gasteiger partial charge in [0, 0.05) is 12.7 Å². The molecule has 0 spiro atoms. The molecule has 0 aromatic carbocycles. The number of methoxy groups -OCH3 is 1. The van der Waals surface area contributed by atoms with Crippen LogP contribution in [0, 0.1) is 6.92 Å². The first-order valence-electron chi connectivity index (χ1n) is 7.38. The van der Waals surface area contributed by atoms with Crippen molar-refractivity contribution in [1.82, 2.24) is 29.4 Å². The molecule has 4 aromatic rings. The third kappa shape index (κ3) is 2.08. The molecule has 4 rings (SSSR count). The first-order chi connectivity index (χ1) is 11.6. The van der Waals surface area contributed by atoms with Gasteiger partial charge in [0.25, 0.3) is 0 Å². The molecular formula is C15H14N6O2S. The van der Waals surface area contributed by atoms with Crippen LogP contribution in [0.3, 0.4) is 0 Å². The van der Waals surface area contributed by atoms with E-state index in [2.05, 4.69) is 20.2 Å². The number of aryl methyl sites for hydroxylation is 2. The summed E-state index contributed by atoms with van der Waals surface area (Å²) in [7, 11) is 1.37. The van der Waals surface area contributed by atoms with E-state index in [1.165, 1.54) is 18.4 Å². The van der Waals surface area contributed by atoms with Crippen LogP contribution < -0.4 is 0 Å². The predicted octanol–water partition coefficient (Wildman–Crippen LogP) is 2.32. The van der Waals surface area contributed by atoms with Crippen LogP contribution in [-0.2, 0) is 11.3 Å². The van der Waals surface area contributed by atoms with Crippen LogP contribution in [-0.4, -0.2) is 42.4 Å². The minimum atomic E-state index is -0.363. The molecule has 0 saturated heterocycles. The molecule has 8 nitrogen and oxygen atoms in total. The Bertz CT molecular complexity index is 1080. The third-order valence-electron chi connectivity index (χ3n) is 3.85. The number of rotatable bonds is 3. The summed E-state index contributed by atoms with van der Waals surface area (Å²) in [4.78, 5) is 22.2. The van der Waals surface area contributed by atoms with Crippen LogP contribution >= 0.6 is 11.3 Å². The number of hydrogen-bond acceptors (Lipinski definition) is 7. The molecule has 0 bridgehead atoms. The van der Waals surface area contributed by atoms with Crippen LogP contribution in [0.25, 0.3) is 27.3 Å². The standard InChI is InChI=1S/C15H14N6O2S/c1-4-20-6-9(5-17-20)12-18-13-10-8(2)11(15(22)23-3)24-14(10)16-7-21(13)19-12/h5-7H,4H2,1-3H3. The Labute approximate surface area is 140 Å². The van der Waals surface area contributed by atoms with E-state index < -0.39 is 0 Å². The van der Waals surface area contributed by atoms with Crippen molar-refractivity contribution >= 4 is 33.2 Å². The predicted molar refractivity (Wildman–Crippen MR) is 89.1 cm³/mol. The number of hydrogen-bond donors (Lipinski definition) is 0. The molecule has 0 amide bonds. The maximum absolute atomic E-state index is 11.9. The molecular weight excluding hydrogens is 328 g/mol. The van der Waals surface area contributed by atoms with E-state index in [1.807, 2.05) is 24.7 Å². The van der Waals surface area contributed by atoms with Gasteiger partial charge in [0.05, 0.1) is 24.3 Å². The molecule has 0 atom stereocenters. The van der Waals surface area contributed by atoms with Crippen molar-refractivity contribution in [2.24, 2.45) is 0 Å². The van der Waals surface area contributed by atoms with Gasteiger partial charge in [-0.05, 0) is 19.4 Å². The van der Waals surface area contributed by atoms with Gasteiger partial charge in [-0.2, -0.15) is 5.10 Å². The highest BCUT2D eigenvalue weighted by Gasteiger charge is 2.21. The maximum atomic E-state index is 11.9. The van der Waals surface area contributed by atoms with E-state index in [1.54, 1.807) is 17.0 Å². The number of nitrogens with zero attached hydrogens (tertiary/aromatic N) is 6. The van der Waals surface area contributed by atoms with Gasteiger partial charge >= 0.3 is 5.97 Å². The Morgan fingerprint density at radius 1 is 1.42 bits per heavy atom. The fourth-order valence-electron chi connectivity index (χ4n) is 2.60.